The molecule has 2 nitrogen and oxygen atoms in total. The number of nitrogens with zero attached hydrogens (tertiary/aromatic N) is 1. The van der Waals surface area contributed by atoms with Gasteiger partial charge in [-0.05, 0) is 38.0 Å². The van der Waals surface area contributed by atoms with Gasteiger partial charge in [-0.15, -0.1) is 0 Å². The molecule has 0 bridgehead atoms. The molecule has 1 saturated carbocycles. The Balaban J connectivity index is 2.00. The molecule has 1 saturated heterocycles. The van der Waals surface area contributed by atoms with E-state index in [0.717, 1.165) is 23.9 Å². The maximum atomic E-state index is 3.75. The zero-order valence-corrected chi connectivity index (χ0v) is 12.8. The summed E-state index contributed by atoms with van der Waals surface area (Å²) in [5.41, 5.74) is 0. The van der Waals surface area contributed by atoms with Crippen LogP contribution in [0.2, 0.25) is 0 Å². The van der Waals surface area contributed by atoms with Gasteiger partial charge in [-0.25, -0.2) is 0 Å². The van der Waals surface area contributed by atoms with Crippen molar-refractivity contribution >= 4 is 0 Å². The third-order valence-corrected chi connectivity index (χ3v) is 5.37. The molecule has 2 rings (SSSR count). The first-order valence-corrected chi connectivity index (χ1v) is 8.12. The van der Waals surface area contributed by atoms with Crippen LogP contribution in [0.3, 0.4) is 0 Å². The SMILES string of the molecule is CCC1CNC(C(C)C)CN1C(C)C1CCCC1. The van der Waals surface area contributed by atoms with Crippen LogP contribution in [0, 0.1) is 11.8 Å². The van der Waals surface area contributed by atoms with Crippen molar-refractivity contribution in [3.05, 3.63) is 0 Å². The summed E-state index contributed by atoms with van der Waals surface area (Å²) in [6, 6.07) is 2.24. The highest BCUT2D eigenvalue weighted by Gasteiger charge is 2.35. The van der Waals surface area contributed by atoms with Crippen LogP contribution < -0.4 is 5.32 Å². The topological polar surface area (TPSA) is 15.3 Å². The van der Waals surface area contributed by atoms with Crippen molar-refractivity contribution in [1.29, 1.82) is 0 Å². The van der Waals surface area contributed by atoms with E-state index in [1.54, 1.807) is 0 Å². The highest BCUT2D eigenvalue weighted by atomic mass is 15.3. The van der Waals surface area contributed by atoms with E-state index < -0.39 is 0 Å². The molecule has 1 N–H and O–H groups in total. The Kier molecular flexibility index (Phi) is 5.08. The molecule has 18 heavy (non-hydrogen) atoms. The van der Waals surface area contributed by atoms with E-state index >= 15 is 0 Å². The molecule has 2 heteroatoms. The minimum Gasteiger partial charge on any atom is -0.311 e. The van der Waals surface area contributed by atoms with Crippen LogP contribution in [-0.2, 0) is 0 Å². The van der Waals surface area contributed by atoms with Gasteiger partial charge in [-0.2, -0.15) is 0 Å². The maximum absolute atomic E-state index is 3.75. The number of piperazine rings is 1. The standard InChI is InChI=1S/C16H32N2/c1-5-15-10-17-16(12(2)3)11-18(15)13(4)14-8-6-7-9-14/h12-17H,5-11H2,1-4H3. The van der Waals surface area contributed by atoms with E-state index in [4.69, 9.17) is 0 Å². The monoisotopic (exact) mass is 252 g/mol. The van der Waals surface area contributed by atoms with E-state index in [1.165, 1.54) is 45.2 Å². The van der Waals surface area contributed by atoms with E-state index in [-0.39, 0.29) is 0 Å². The Morgan fingerprint density at radius 1 is 1.17 bits per heavy atom. The second-order valence-corrected chi connectivity index (χ2v) is 6.80. The maximum Gasteiger partial charge on any atom is 0.0221 e. The van der Waals surface area contributed by atoms with Gasteiger partial charge in [-0.3, -0.25) is 4.90 Å². The van der Waals surface area contributed by atoms with Crippen molar-refractivity contribution in [3.8, 4) is 0 Å². The molecule has 106 valence electrons. The molecule has 0 radical (unpaired) electrons. The highest BCUT2D eigenvalue weighted by molar-refractivity contribution is 4.92. The van der Waals surface area contributed by atoms with Gasteiger partial charge in [0, 0.05) is 31.2 Å². The minimum absolute atomic E-state index is 0.691. The lowest BCUT2D eigenvalue weighted by atomic mass is 9.92. The number of hydrogen-bond acceptors (Lipinski definition) is 2. The van der Waals surface area contributed by atoms with Crippen LogP contribution in [0.15, 0.2) is 0 Å². The molecular formula is C16H32N2. The molecule has 0 aromatic carbocycles. The molecule has 1 heterocycles. The lowest BCUT2D eigenvalue weighted by Crippen LogP contribution is -2.61. The Morgan fingerprint density at radius 2 is 1.83 bits per heavy atom. The Hall–Kier alpha value is -0.0800. The molecular weight excluding hydrogens is 220 g/mol. The summed E-state index contributed by atoms with van der Waals surface area (Å²) in [4.78, 5) is 2.83. The van der Waals surface area contributed by atoms with Crippen molar-refractivity contribution in [2.45, 2.75) is 77.9 Å². The van der Waals surface area contributed by atoms with Crippen LogP contribution >= 0.6 is 0 Å². The van der Waals surface area contributed by atoms with Crippen molar-refractivity contribution in [1.82, 2.24) is 10.2 Å². The molecule has 3 unspecified atom stereocenters. The van der Waals surface area contributed by atoms with Gasteiger partial charge in [0.25, 0.3) is 0 Å². The van der Waals surface area contributed by atoms with Gasteiger partial charge >= 0.3 is 0 Å². The Labute approximate surface area is 114 Å². The minimum atomic E-state index is 0.691. The predicted octanol–water partition coefficient (Wildman–Crippen LogP) is 3.27. The van der Waals surface area contributed by atoms with Crippen LogP contribution in [0.5, 0.6) is 0 Å². The molecule has 1 aliphatic heterocycles. The molecule has 0 aromatic heterocycles. The quantitative estimate of drug-likeness (QED) is 0.826. The lowest BCUT2D eigenvalue weighted by Gasteiger charge is -2.46. The third-order valence-electron chi connectivity index (χ3n) is 5.37. The second kappa shape index (κ2) is 6.38. The zero-order chi connectivity index (χ0) is 13.1. The molecule has 1 aliphatic carbocycles. The molecule has 3 atom stereocenters. The fourth-order valence-electron chi connectivity index (χ4n) is 3.88. The van der Waals surface area contributed by atoms with Gasteiger partial charge in [0.05, 0.1) is 0 Å². The largest absolute Gasteiger partial charge is 0.311 e. The van der Waals surface area contributed by atoms with E-state index in [0.29, 0.717) is 6.04 Å². The first-order valence-electron chi connectivity index (χ1n) is 8.12. The summed E-state index contributed by atoms with van der Waals surface area (Å²) in [7, 11) is 0. The predicted molar refractivity (Wildman–Crippen MR) is 78.8 cm³/mol. The zero-order valence-electron chi connectivity index (χ0n) is 12.8. The van der Waals surface area contributed by atoms with Crippen molar-refractivity contribution < 1.29 is 0 Å². The first-order chi connectivity index (χ1) is 8.63. The van der Waals surface area contributed by atoms with Gasteiger partial charge in [0.15, 0.2) is 0 Å². The summed E-state index contributed by atoms with van der Waals surface area (Å²) in [6.07, 6.45) is 7.15. The summed E-state index contributed by atoms with van der Waals surface area (Å²) in [5, 5.41) is 3.75. The highest BCUT2D eigenvalue weighted by Crippen LogP contribution is 2.32. The van der Waals surface area contributed by atoms with E-state index in [2.05, 4.69) is 37.9 Å². The van der Waals surface area contributed by atoms with Gasteiger partial charge < -0.3 is 5.32 Å². The molecule has 0 aromatic rings. The van der Waals surface area contributed by atoms with Gasteiger partial charge in [0.2, 0.25) is 0 Å². The number of nitrogens with one attached hydrogen (secondary N) is 1. The van der Waals surface area contributed by atoms with Crippen molar-refractivity contribution in [2.24, 2.45) is 11.8 Å². The van der Waals surface area contributed by atoms with Gasteiger partial charge in [-0.1, -0.05) is 33.6 Å². The Bertz CT molecular complexity index is 245. The summed E-state index contributed by atoms with van der Waals surface area (Å²) >= 11 is 0. The smallest absolute Gasteiger partial charge is 0.0221 e. The van der Waals surface area contributed by atoms with Crippen LogP contribution in [0.1, 0.15) is 59.8 Å². The van der Waals surface area contributed by atoms with Crippen LogP contribution in [0.25, 0.3) is 0 Å². The summed E-state index contributed by atoms with van der Waals surface area (Å²) in [5.74, 6) is 1.71. The number of hydrogen-bond donors (Lipinski definition) is 1. The molecule has 0 spiro atoms. The number of rotatable bonds is 4. The van der Waals surface area contributed by atoms with Crippen LogP contribution in [-0.4, -0.2) is 36.1 Å². The van der Waals surface area contributed by atoms with Crippen molar-refractivity contribution in [2.75, 3.05) is 13.1 Å². The van der Waals surface area contributed by atoms with Gasteiger partial charge in [0.1, 0.15) is 0 Å². The molecule has 2 aliphatic rings. The van der Waals surface area contributed by atoms with Crippen LogP contribution in [0.4, 0.5) is 0 Å². The average Bonchev–Trinajstić information content (AvgIpc) is 2.90. The fraction of sp³-hybridized carbons (Fsp3) is 1.00. The average molecular weight is 252 g/mol. The lowest BCUT2D eigenvalue weighted by molar-refractivity contribution is 0.0488. The van der Waals surface area contributed by atoms with Crippen molar-refractivity contribution in [3.63, 3.8) is 0 Å². The fourth-order valence-corrected chi connectivity index (χ4v) is 3.88. The normalized spacial score (nSPS) is 33.2. The molecule has 2 fully saturated rings. The second-order valence-electron chi connectivity index (χ2n) is 6.80. The summed E-state index contributed by atoms with van der Waals surface area (Å²) < 4.78 is 0. The molecule has 0 amide bonds. The Morgan fingerprint density at radius 3 is 2.39 bits per heavy atom. The first kappa shape index (κ1) is 14.3. The summed E-state index contributed by atoms with van der Waals surface area (Å²) in [6.45, 7) is 12.0. The van der Waals surface area contributed by atoms with E-state index in [9.17, 15) is 0 Å². The van der Waals surface area contributed by atoms with E-state index in [1.807, 2.05) is 0 Å². The third kappa shape index (κ3) is 3.08.